The molecular formula is C5H8BrCl. The maximum absolute atomic E-state index is 5.44. The van der Waals surface area contributed by atoms with Crippen molar-refractivity contribution in [1.82, 2.24) is 0 Å². The van der Waals surface area contributed by atoms with E-state index in [9.17, 15) is 0 Å². The van der Waals surface area contributed by atoms with E-state index in [2.05, 4.69) is 15.9 Å². The quantitative estimate of drug-likeness (QED) is 0.456. The largest absolute Gasteiger partial charge is 0.122 e. The molecule has 0 aliphatic rings. The Morgan fingerprint density at radius 3 is 2.57 bits per heavy atom. The standard InChI is InChI=1S/C5H8BrCl/c1-5(4-7)2-3-6/h2H,3-4H2,1H3/b5-2+. The smallest absolute Gasteiger partial charge is 0.0431 e. The molecule has 0 fully saturated rings. The zero-order chi connectivity index (χ0) is 5.70. The van der Waals surface area contributed by atoms with Crippen LogP contribution in [0.3, 0.4) is 0 Å². The molecule has 42 valence electrons. The summed E-state index contributed by atoms with van der Waals surface area (Å²) in [7, 11) is 0. The molecule has 0 aliphatic heterocycles. The van der Waals surface area contributed by atoms with Gasteiger partial charge in [-0.3, -0.25) is 0 Å². The second kappa shape index (κ2) is 4.66. The summed E-state index contributed by atoms with van der Waals surface area (Å²) in [6.45, 7) is 2.01. The van der Waals surface area contributed by atoms with E-state index in [0.717, 1.165) is 5.33 Å². The van der Waals surface area contributed by atoms with Crippen LogP contribution in [0.2, 0.25) is 0 Å². The first-order valence-electron chi connectivity index (χ1n) is 2.08. The van der Waals surface area contributed by atoms with Gasteiger partial charge in [-0.2, -0.15) is 0 Å². The summed E-state index contributed by atoms with van der Waals surface area (Å²) in [6, 6.07) is 0. The number of rotatable bonds is 2. The van der Waals surface area contributed by atoms with E-state index in [-0.39, 0.29) is 0 Å². The molecule has 0 heterocycles. The van der Waals surface area contributed by atoms with E-state index in [1.165, 1.54) is 5.57 Å². The third-order valence-corrected chi connectivity index (χ3v) is 1.38. The summed E-state index contributed by atoms with van der Waals surface area (Å²) in [5.74, 6) is 0.644. The van der Waals surface area contributed by atoms with Crippen LogP contribution in [-0.4, -0.2) is 11.2 Å². The van der Waals surface area contributed by atoms with Crippen LogP contribution in [0.1, 0.15) is 6.92 Å². The molecule has 0 saturated heterocycles. The highest BCUT2D eigenvalue weighted by Crippen LogP contribution is 1.95. The van der Waals surface area contributed by atoms with Crippen LogP contribution in [0.25, 0.3) is 0 Å². The summed E-state index contributed by atoms with van der Waals surface area (Å²) in [4.78, 5) is 0. The van der Waals surface area contributed by atoms with Gasteiger partial charge in [0.25, 0.3) is 0 Å². The third kappa shape index (κ3) is 4.36. The first-order valence-corrected chi connectivity index (χ1v) is 3.74. The van der Waals surface area contributed by atoms with Gasteiger partial charge in [-0.1, -0.05) is 27.6 Å². The molecule has 0 N–H and O–H groups in total. The Bertz CT molecular complexity index is 68.5. The van der Waals surface area contributed by atoms with Crippen LogP contribution in [0, 0.1) is 0 Å². The fourth-order valence-corrected chi connectivity index (χ4v) is 0.848. The van der Waals surface area contributed by atoms with Crippen molar-refractivity contribution in [2.24, 2.45) is 0 Å². The molecule has 0 aliphatic carbocycles. The fourth-order valence-electron chi connectivity index (χ4n) is 0.186. The average molecular weight is 183 g/mol. The van der Waals surface area contributed by atoms with E-state index < -0.39 is 0 Å². The summed E-state index contributed by atoms with van der Waals surface area (Å²) in [5.41, 5.74) is 1.22. The van der Waals surface area contributed by atoms with Gasteiger partial charge in [0.15, 0.2) is 0 Å². The Kier molecular flexibility index (Phi) is 5.00. The molecule has 0 bridgehead atoms. The van der Waals surface area contributed by atoms with Gasteiger partial charge in [-0.05, 0) is 6.92 Å². The third-order valence-electron chi connectivity index (χ3n) is 0.636. The summed E-state index contributed by atoms with van der Waals surface area (Å²) >= 11 is 8.70. The molecule has 0 rings (SSSR count). The fraction of sp³-hybridized carbons (Fsp3) is 0.600. The Labute approximate surface area is 57.7 Å². The predicted octanol–water partition coefficient (Wildman–Crippen LogP) is 2.57. The van der Waals surface area contributed by atoms with Gasteiger partial charge < -0.3 is 0 Å². The molecular weight excluding hydrogens is 175 g/mol. The average Bonchev–Trinajstić information content (AvgIpc) is 1.68. The lowest BCUT2D eigenvalue weighted by atomic mass is 10.3. The minimum atomic E-state index is 0.644. The molecule has 0 atom stereocenters. The van der Waals surface area contributed by atoms with E-state index >= 15 is 0 Å². The van der Waals surface area contributed by atoms with Crippen molar-refractivity contribution in [2.45, 2.75) is 6.92 Å². The second-order valence-electron chi connectivity index (χ2n) is 1.34. The van der Waals surface area contributed by atoms with E-state index in [1.54, 1.807) is 0 Å². The Morgan fingerprint density at radius 1 is 1.86 bits per heavy atom. The van der Waals surface area contributed by atoms with Crippen LogP contribution >= 0.6 is 27.5 Å². The Morgan fingerprint density at radius 2 is 2.43 bits per heavy atom. The zero-order valence-corrected chi connectivity index (χ0v) is 6.59. The first kappa shape index (κ1) is 7.51. The number of hydrogen-bond acceptors (Lipinski definition) is 0. The van der Waals surface area contributed by atoms with E-state index in [1.807, 2.05) is 13.0 Å². The molecule has 0 amide bonds. The molecule has 0 radical (unpaired) electrons. The van der Waals surface area contributed by atoms with Crippen molar-refractivity contribution in [3.05, 3.63) is 11.6 Å². The summed E-state index contributed by atoms with van der Waals surface area (Å²) in [6.07, 6.45) is 2.05. The second-order valence-corrected chi connectivity index (χ2v) is 2.25. The van der Waals surface area contributed by atoms with E-state index in [4.69, 9.17) is 11.6 Å². The number of allylic oxidation sites excluding steroid dienone is 2. The van der Waals surface area contributed by atoms with Crippen LogP contribution in [0.15, 0.2) is 11.6 Å². The lowest BCUT2D eigenvalue weighted by Gasteiger charge is -1.86. The van der Waals surface area contributed by atoms with Crippen molar-refractivity contribution in [3.63, 3.8) is 0 Å². The normalized spacial score (nSPS) is 12.1. The SMILES string of the molecule is C/C(=C\CBr)CCl. The van der Waals surface area contributed by atoms with Crippen LogP contribution in [0.4, 0.5) is 0 Å². The molecule has 0 aromatic carbocycles. The van der Waals surface area contributed by atoms with Gasteiger partial charge in [0, 0.05) is 11.2 Å². The molecule has 0 unspecified atom stereocenters. The van der Waals surface area contributed by atoms with Crippen LogP contribution in [-0.2, 0) is 0 Å². The van der Waals surface area contributed by atoms with Crippen molar-refractivity contribution < 1.29 is 0 Å². The molecule has 0 aromatic rings. The molecule has 7 heavy (non-hydrogen) atoms. The first-order chi connectivity index (χ1) is 3.31. The number of hydrogen-bond donors (Lipinski definition) is 0. The van der Waals surface area contributed by atoms with Crippen molar-refractivity contribution >= 4 is 27.5 Å². The number of alkyl halides is 2. The Balaban J connectivity index is 3.29. The zero-order valence-electron chi connectivity index (χ0n) is 4.25. The predicted molar refractivity (Wildman–Crippen MR) is 38.3 cm³/mol. The molecule has 2 heteroatoms. The molecule has 0 saturated carbocycles. The maximum atomic E-state index is 5.44. The summed E-state index contributed by atoms with van der Waals surface area (Å²) in [5, 5.41) is 0.908. The molecule has 0 aromatic heterocycles. The van der Waals surface area contributed by atoms with Crippen molar-refractivity contribution in [1.29, 1.82) is 0 Å². The minimum absolute atomic E-state index is 0.644. The highest BCUT2D eigenvalue weighted by molar-refractivity contribution is 9.09. The monoisotopic (exact) mass is 182 g/mol. The molecule has 0 spiro atoms. The minimum Gasteiger partial charge on any atom is -0.122 e. The van der Waals surface area contributed by atoms with Crippen LogP contribution in [0.5, 0.6) is 0 Å². The van der Waals surface area contributed by atoms with Crippen molar-refractivity contribution in [2.75, 3.05) is 11.2 Å². The Hall–Kier alpha value is 0.510. The lowest BCUT2D eigenvalue weighted by molar-refractivity contribution is 1.38. The highest BCUT2D eigenvalue weighted by Gasteiger charge is 1.79. The van der Waals surface area contributed by atoms with Gasteiger partial charge in [0.05, 0.1) is 0 Å². The highest BCUT2D eigenvalue weighted by atomic mass is 79.9. The lowest BCUT2D eigenvalue weighted by Crippen LogP contribution is -1.74. The summed E-state index contributed by atoms with van der Waals surface area (Å²) < 4.78 is 0. The van der Waals surface area contributed by atoms with Gasteiger partial charge in [0.2, 0.25) is 0 Å². The van der Waals surface area contributed by atoms with Gasteiger partial charge in [-0.15, -0.1) is 11.6 Å². The van der Waals surface area contributed by atoms with E-state index in [0.29, 0.717) is 5.88 Å². The number of halogens is 2. The maximum Gasteiger partial charge on any atom is 0.0431 e. The van der Waals surface area contributed by atoms with Gasteiger partial charge in [-0.25, -0.2) is 0 Å². The van der Waals surface area contributed by atoms with Gasteiger partial charge in [0.1, 0.15) is 0 Å². The topological polar surface area (TPSA) is 0 Å². The van der Waals surface area contributed by atoms with Crippen LogP contribution < -0.4 is 0 Å². The van der Waals surface area contributed by atoms with Crippen molar-refractivity contribution in [3.8, 4) is 0 Å². The van der Waals surface area contributed by atoms with Gasteiger partial charge >= 0.3 is 0 Å². The molecule has 0 nitrogen and oxygen atoms in total.